The average molecular weight is 349 g/mol. The maximum atomic E-state index is 12.0. The zero-order valence-corrected chi connectivity index (χ0v) is 12.6. The summed E-state index contributed by atoms with van der Waals surface area (Å²) >= 11 is 3.33. The number of carboxylic acid groups (broad SMARTS) is 1. The van der Waals surface area contributed by atoms with E-state index in [2.05, 4.69) is 21.2 Å². The Kier molecular flexibility index (Phi) is 4.59. The molecule has 0 saturated heterocycles. The van der Waals surface area contributed by atoms with Crippen molar-refractivity contribution in [2.75, 3.05) is 11.1 Å². The normalized spacial score (nSPS) is 10.1. The van der Waals surface area contributed by atoms with Crippen LogP contribution in [-0.2, 0) is 11.2 Å². The van der Waals surface area contributed by atoms with Crippen LogP contribution < -0.4 is 11.1 Å². The quantitative estimate of drug-likeness (QED) is 0.740. The van der Waals surface area contributed by atoms with Crippen molar-refractivity contribution in [2.45, 2.75) is 6.42 Å². The van der Waals surface area contributed by atoms with E-state index < -0.39 is 5.97 Å². The highest BCUT2D eigenvalue weighted by Crippen LogP contribution is 2.20. The van der Waals surface area contributed by atoms with Gasteiger partial charge in [-0.05, 0) is 35.9 Å². The summed E-state index contributed by atoms with van der Waals surface area (Å²) in [6.07, 6.45) is 0.146. The minimum atomic E-state index is -1.12. The smallest absolute Gasteiger partial charge is 0.337 e. The summed E-state index contributed by atoms with van der Waals surface area (Å²) in [6.45, 7) is 0. The summed E-state index contributed by atoms with van der Waals surface area (Å²) in [6, 6.07) is 11.6. The Morgan fingerprint density at radius 1 is 1.19 bits per heavy atom. The van der Waals surface area contributed by atoms with Gasteiger partial charge in [-0.25, -0.2) is 4.79 Å². The van der Waals surface area contributed by atoms with E-state index in [1.54, 1.807) is 0 Å². The van der Waals surface area contributed by atoms with E-state index in [9.17, 15) is 9.59 Å². The van der Waals surface area contributed by atoms with Crippen LogP contribution in [0.25, 0.3) is 0 Å². The zero-order chi connectivity index (χ0) is 15.4. The number of carboxylic acids is 1. The van der Waals surface area contributed by atoms with Crippen LogP contribution in [0, 0.1) is 0 Å². The third-order valence-corrected chi connectivity index (χ3v) is 3.30. The van der Waals surface area contributed by atoms with Crippen LogP contribution in [0.1, 0.15) is 15.9 Å². The van der Waals surface area contributed by atoms with E-state index in [1.165, 1.54) is 18.2 Å². The molecule has 2 aromatic carbocycles. The average Bonchev–Trinajstić information content (AvgIpc) is 2.38. The molecule has 2 rings (SSSR count). The fourth-order valence-electron chi connectivity index (χ4n) is 1.88. The first-order valence-corrected chi connectivity index (χ1v) is 6.92. The molecule has 0 aliphatic carbocycles. The number of benzene rings is 2. The number of carbonyl (C=O) groups excluding carboxylic acids is 1. The molecule has 0 bridgehead atoms. The van der Waals surface area contributed by atoms with Gasteiger partial charge >= 0.3 is 5.97 Å². The van der Waals surface area contributed by atoms with E-state index in [1.807, 2.05) is 24.3 Å². The van der Waals surface area contributed by atoms with E-state index >= 15 is 0 Å². The molecule has 4 N–H and O–H groups in total. The monoisotopic (exact) mass is 348 g/mol. The second kappa shape index (κ2) is 6.41. The molecule has 0 heterocycles. The minimum Gasteiger partial charge on any atom is -0.478 e. The van der Waals surface area contributed by atoms with Crippen LogP contribution in [0.3, 0.4) is 0 Å². The third kappa shape index (κ3) is 4.06. The standard InChI is InChI=1S/C15H13BrN2O3/c16-10-3-1-2-9(6-10)7-14(19)18-13-8-11(17)4-5-12(13)15(20)21/h1-6,8H,7,17H2,(H,18,19)(H,20,21). The largest absolute Gasteiger partial charge is 0.478 e. The number of amides is 1. The van der Waals surface area contributed by atoms with Gasteiger partial charge in [0, 0.05) is 10.2 Å². The van der Waals surface area contributed by atoms with Gasteiger partial charge in [0.05, 0.1) is 17.7 Å². The van der Waals surface area contributed by atoms with Crippen molar-refractivity contribution >= 4 is 39.2 Å². The Bertz CT molecular complexity index is 701. The molecule has 21 heavy (non-hydrogen) atoms. The van der Waals surface area contributed by atoms with E-state index in [0.717, 1.165) is 10.0 Å². The Hall–Kier alpha value is -2.34. The maximum absolute atomic E-state index is 12.0. The number of halogens is 1. The van der Waals surface area contributed by atoms with Gasteiger partial charge in [-0.2, -0.15) is 0 Å². The van der Waals surface area contributed by atoms with Gasteiger partial charge in [-0.1, -0.05) is 28.1 Å². The van der Waals surface area contributed by atoms with E-state index in [-0.39, 0.29) is 23.6 Å². The fourth-order valence-corrected chi connectivity index (χ4v) is 2.33. The number of hydrogen-bond acceptors (Lipinski definition) is 3. The molecule has 2 aromatic rings. The second-order valence-corrected chi connectivity index (χ2v) is 5.38. The van der Waals surface area contributed by atoms with Crippen LogP contribution in [-0.4, -0.2) is 17.0 Å². The van der Waals surface area contributed by atoms with Crippen LogP contribution in [0.2, 0.25) is 0 Å². The first kappa shape index (κ1) is 15.1. The lowest BCUT2D eigenvalue weighted by Crippen LogP contribution is -2.17. The molecule has 0 aromatic heterocycles. The highest BCUT2D eigenvalue weighted by atomic mass is 79.9. The number of rotatable bonds is 4. The maximum Gasteiger partial charge on any atom is 0.337 e. The zero-order valence-electron chi connectivity index (χ0n) is 11.0. The molecule has 0 fully saturated rings. The first-order valence-electron chi connectivity index (χ1n) is 6.13. The molecule has 0 aliphatic heterocycles. The number of nitrogens with two attached hydrogens (primary N) is 1. The SMILES string of the molecule is Nc1ccc(C(=O)O)c(NC(=O)Cc2cccc(Br)c2)c1. The fraction of sp³-hybridized carbons (Fsp3) is 0.0667. The highest BCUT2D eigenvalue weighted by molar-refractivity contribution is 9.10. The van der Waals surface area contributed by atoms with Gasteiger partial charge < -0.3 is 16.2 Å². The van der Waals surface area contributed by atoms with E-state index in [0.29, 0.717) is 5.69 Å². The topological polar surface area (TPSA) is 92.4 Å². The summed E-state index contributed by atoms with van der Waals surface area (Å²) in [7, 11) is 0. The summed E-state index contributed by atoms with van der Waals surface area (Å²) < 4.78 is 0.878. The Morgan fingerprint density at radius 3 is 2.62 bits per heavy atom. The van der Waals surface area contributed by atoms with Crippen LogP contribution in [0.4, 0.5) is 11.4 Å². The Balaban J connectivity index is 2.16. The molecule has 0 atom stereocenters. The summed E-state index contributed by atoms with van der Waals surface area (Å²) in [5.41, 5.74) is 7.04. The molecular formula is C15H13BrN2O3. The highest BCUT2D eigenvalue weighted by Gasteiger charge is 2.13. The van der Waals surface area contributed by atoms with Gasteiger partial charge in [0.15, 0.2) is 0 Å². The molecular weight excluding hydrogens is 336 g/mol. The lowest BCUT2D eigenvalue weighted by atomic mass is 10.1. The number of nitrogens with one attached hydrogen (secondary N) is 1. The lowest BCUT2D eigenvalue weighted by molar-refractivity contribution is -0.115. The first-order chi connectivity index (χ1) is 9.95. The van der Waals surface area contributed by atoms with Crippen molar-refractivity contribution in [1.29, 1.82) is 0 Å². The second-order valence-electron chi connectivity index (χ2n) is 4.47. The predicted octanol–water partition coefficient (Wildman–Crippen LogP) is 2.91. The van der Waals surface area contributed by atoms with Crippen LogP contribution in [0.5, 0.6) is 0 Å². The van der Waals surface area contributed by atoms with Crippen molar-refractivity contribution in [3.05, 3.63) is 58.1 Å². The number of hydrogen-bond donors (Lipinski definition) is 3. The lowest BCUT2D eigenvalue weighted by Gasteiger charge is -2.09. The molecule has 0 spiro atoms. The summed E-state index contributed by atoms with van der Waals surface area (Å²) in [4.78, 5) is 23.1. The van der Waals surface area contributed by atoms with Gasteiger partial charge in [0.1, 0.15) is 0 Å². The van der Waals surface area contributed by atoms with Crippen molar-refractivity contribution in [2.24, 2.45) is 0 Å². The predicted molar refractivity (Wildman–Crippen MR) is 84.3 cm³/mol. The minimum absolute atomic E-state index is 0.00629. The number of anilines is 2. The molecule has 5 nitrogen and oxygen atoms in total. The van der Waals surface area contributed by atoms with Crippen molar-refractivity contribution in [1.82, 2.24) is 0 Å². The molecule has 1 amide bonds. The number of carbonyl (C=O) groups is 2. The van der Waals surface area contributed by atoms with Gasteiger partial charge in [0.25, 0.3) is 0 Å². The Morgan fingerprint density at radius 2 is 1.95 bits per heavy atom. The van der Waals surface area contributed by atoms with Crippen molar-refractivity contribution in [3.8, 4) is 0 Å². The summed E-state index contributed by atoms with van der Waals surface area (Å²) in [5, 5.41) is 11.7. The molecule has 108 valence electrons. The molecule has 6 heteroatoms. The van der Waals surface area contributed by atoms with Gasteiger partial charge in [-0.15, -0.1) is 0 Å². The molecule has 0 unspecified atom stereocenters. The van der Waals surface area contributed by atoms with Gasteiger partial charge in [0.2, 0.25) is 5.91 Å². The third-order valence-electron chi connectivity index (χ3n) is 2.80. The molecule has 0 saturated carbocycles. The molecule has 0 aliphatic rings. The Labute approximate surface area is 129 Å². The summed E-state index contributed by atoms with van der Waals surface area (Å²) in [5.74, 6) is -1.42. The van der Waals surface area contributed by atoms with E-state index in [4.69, 9.17) is 10.8 Å². The number of nitrogen functional groups attached to an aromatic ring is 1. The van der Waals surface area contributed by atoms with Crippen LogP contribution in [0.15, 0.2) is 46.9 Å². The number of aromatic carboxylic acids is 1. The molecule has 0 radical (unpaired) electrons. The van der Waals surface area contributed by atoms with Gasteiger partial charge in [-0.3, -0.25) is 4.79 Å². The van der Waals surface area contributed by atoms with Crippen molar-refractivity contribution < 1.29 is 14.7 Å². The van der Waals surface area contributed by atoms with Crippen LogP contribution >= 0.6 is 15.9 Å². The van der Waals surface area contributed by atoms with Crippen molar-refractivity contribution in [3.63, 3.8) is 0 Å².